The number of allylic oxidation sites excluding steroid dienone is 4. The summed E-state index contributed by atoms with van der Waals surface area (Å²) in [6.45, 7) is 1.33. The summed E-state index contributed by atoms with van der Waals surface area (Å²) in [7, 11) is 1.87. The number of rotatable bonds is 5. The van der Waals surface area contributed by atoms with E-state index >= 15 is 0 Å². The largest absolute Gasteiger partial charge is 0.462 e. The second kappa shape index (κ2) is 6.15. The Labute approximate surface area is 101 Å². The van der Waals surface area contributed by atoms with E-state index in [9.17, 15) is 0 Å². The molecular formula is C13H17NO3. The van der Waals surface area contributed by atoms with Crippen molar-refractivity contribution in [2.24, 2.45) is 0 Å². The maximum atomic E-state index is 5.49. The molecule has 0 unspecified atom stereocenters. The van der Waals surface area contributed by atoms with Crippen LogP contribution in [0.15, 0.2) is 48.0 Å². The molecule has 2 aliphatic rings. The van der Waals surface area contributed by atoms with Gasteiger partial charge in [-0.2, -0.15) is 0 Å². The van der Waals surface area contributed by atoms with Crippen LogP contribution in [0.1, 0.15) is 12.8 Å². The molecule has 2 rings (SSSR count). The predicted molar refractivity (Wildman–Crippen MR) is 64.7 cm³/mol. The fourth-order valence-electron chi connectivity index (χ4n) is 1.56. The maximum absolute atomic E-state index is 5.49. The lowest BCUT2D eigenvalue weighted by molar-refractivity contribution is 0.0545. The van der Waals surface area contributed by atoms with Gasteiger partial charge in [0.1, 0.15) is 12.9 Å². The maximum Gasteiger partial charge on any atom is 0.321 e. The van der Waals surface area contributed by atoms with Crippen LogP contribution in [-0.2, 0) is 14.2 Å². The molecule has 0 saturated heterocycles. The van der Waals surface area contributed by atoms with E-state index < -0.39 is 0 Å². The second-order valence-corrected chi connectivity index (χ2v) is 3.77. The highest BCUT2D eigenvalue weighted by atomic mass is 16.7. The molecule has 1 N–H and O–H groups in total. The van der Waals surface area contributed by atoms with Crippen molar-refractivity contribution in [2.45, 2.75) is 12.8 Å². The molecule has 17 heavy (non-hydrogen) atoms. The van der Waals surface area contributed by atoms with Crippen LogP contribution >= 0.6 is 0 Å². The van der Waals surface area contributed by atoms with E-state index in [1.807, 2.05) is 19.2 Å². The van der Waals surface area contributed by atoms with Gasteiger partial charge in [-0.15, -0.1) is 0 Å². The first-order valence-corrected chi connectivity index (χ1v) is 5.77. The molecule has 0 saturated carbocycles. The zero-order chi connectivity index (χ0) is 11.9. The SMILES string of the molecule is CNCCOC1=COC(C2=CC=CCC2)=CO1. The Balaban J connectivity index is 1.83. The zero-order valence-electron chi connectivity index (χ0n) is 9.94. The van der Waals surface area contributed by atoms with Gasteiger partial charge in [-0.1, -0.05) is 18.2 Å². The van der Waals surface area contributed by atoms with Crippen LogP contribution in [0.4, 0.5) is 0 Å². The fourth-order valence-corrected chi connectivity index (χ4v) is 1.56. The first-order valence-electron chi connectivity index (χ1n) is 5.77. The Morgan fingerprint density at radius 1 is 1.35 bits per heavy atom. The van der Waals surface area contributed by atoms with Gasteiger partial charge in [0, 0.05) is 6.54 Å². The minimum atomic E-state index is 0.399. The molecule has 0 aromatic carbocycles. The molecule has 92 valence electrons. The molecule has 4 heteroatoms. The monoisotopic (exact) mass is 235 g/mol. The molecule has 0 fully saturated rings. The number of likely N-dealkylation sites (N-methyl/N-ethyl adjacent to an activating group) is 1. The molecule has 0 amide bonds. The summed E-state index contributed by atoms with van der Waals surface area (Å²) in [5.74, 6) is 1.16. The first kappa shape index (κ1) is 11.8. The summed E-state index contributed by atoms with van der Waals surface area (Å²) in [6.07, 6.45) is 11.3. The average Bonchev–Trinajstić information content (AvgIpc) is 2.41. The smallest absolute Gasteiger partial charge is 0.321 e. The molecular weight excluding hydrogens is 218 g/mol. The van der Waals surface area contributed by atoms with E-state index in [-0.39, 0.29) is 0 Å². The lowest BCUT2D eigenvalue weighted by atomic mass is 10.0. The van der Waals surface area contributed by atoms with Crippen molar-refractivity contribution in [2.75, 3.05) is 20.2 Å². The molecule has 0 aromatic heterocycles. The number of hydrogen-bond donors (Lipinski definition) is 1. The number of nitrogens with one attached hydrogen (secondary N) is 1. The zero-order valence-corrected chi connectivity index (χ0v) is 9.94. The van der Waals surface area contributed by atoms with Gasteiger partial charge in [0.25, 0.3) is 0 Å². The van der Waals surface area contributed by atoms with E-state index in [0.29, 0.717) is 12.6 Å². The van der Waals surface area contributed by atoms with Crippen LogP contribution < -0.4 is 5.32 Å². The van der Waals surface area contributed by atoms with E-state index in [2.05, 4.69) is 11.4 Å². The molecule has 1 aliphatic carbocycles. The van der Waals surface area contributed by atoms with Gasteiger partial charge in [0.05, 0.1) is 0 Å². The minimum absolute atomic E-state index is 0.399. The summed E-state index contributed by atoms with van der Waals surface area (Å²) in [4.78, 5) is 0. The average molecular weight is 235 g/mol. The van der Waals surface area contributed by atoms with Gasteiger partial charge in [0.15, 0.2) is 12.0 Å². The van der Waals surface area contributed by atoms with Crippen molar-refractivity contribution in [1.29, 1.82) is 0 Å². The van der Waals surface area contributed by atoms with Crippen LogP contribution in [0.2, 0.25) is 0 Å². The second-order valence-electron chi connectivity index (χ2n) is 3.77. The molecule has 1 heterocycles. The normalized spacial score (nSPS) is 18.5. The molecule has 0 aromatic rings. The van der Waals surface area contributed by atoms with Gasteiger partial charge < -0.3 is 19.5 Å². The Kier molecular flexibility index (Phi) is 4.27. The molecule has 0 atom stereocenters. The summed E-state index contributed by atoms with van der Waals surface area (Å²) in [5, 5.41) is 2.99. The van der Waals surface area contributed by atoms with E-state index in [0.717, 1.165) is 30.7 Å². The van der Waals surface area contributed by atoms with Gasteiger partial charge >= 0.3 is 5.95 Å². The van der Waals surface area contributed by atoms with Gasteiger partial charge in [0.2, 0.25) is 0 Å². The van der Waals surface area contributed by atoms with Crippen LogP contribution in [0, 0.1) is 0 Å². The van der Waals surface area contributed by atoms with Gasteiger partial charge in [-0.3, -0.25) is 0 Å². The van der Waals surface area contributed by atoms with Crippen molar-refractivity contribution >= 4 is 0 Å². The van der Waals surface area contributed by atoms with Crippen LogP contribution in [0.25, 0.3) is 0 Å². The highest BCUT2D eigenvalue weighted by Gasteiger charge is 2.13. The third-order valence-electron chi connectivity index (χ3n) is 2.49. The lowest BCUT2D eigenvalue weighted by Crippen LogP contribution is -2.15. The van der Waals surface area contributed by atoms with E-state index in [1.165, 1.54) is 6.26 Å². The van der Waals surface area contributed by atoms with Crippen LogP contribution in [-0.4, -0.2) is 20.2 Å². The predicted octanol–water partition coefficient (Wildman–Crippen LogP) is 2.19. The quantitative estimate of drug-likeness (QED) is 0.741. The Bertz CT molecular complexity index is 380. The lowest BCUT2D eigenvalue weighted by Gasteiger charge is -2.18. The standard InChI is InChI=1S/C13H17NO3/c1-14-7-8-15-13-10-16-12(9-17-13)11-5-3-2-4-6-11/h2-3,5,9-10,14H,4,6-8H2,1H3. The summed E-state index contributed by atoms with van der Waals surface area (Å²) < 4.78 is 16.2. The highest BCUT2D eigenvalue weighted by Crippen LogP contribution is 2.25. The van der Waals surface area contributed by atoms with E-state index in [1.54, 1.807) is 6.26 Å². The third kappa shape index (κ3) is 3.39. The summed E-state index contributed by atoms with van der Waals surface area (Å²) in [6, 6.07) is 0. The molecule has 0 spiro atoms. The number of ether oxygens (including phenoxy) is 3. The van der Waals surface area contributed by atoms with Crippen LogP contribution in [0.5, 0.6) is 0 Å². The molecule has 0 bridgehead atoms. The number of hydrogen-bond acceptors (Lipinski definition) is 4. The van der Waals surface area contributed by atoms with Crippen molar-refractivity contribution in [1.82, 2.24) is 5.32 Å². The van der Waals surface area contributed by atoms with Crippen molar-refractivity contribution < 1.29 is 14.2 Å². The Morgan fingerprint density at radius 3 is 2.94 bits per heavy atom. The third-order valence-corrected chi connectivity index (χ3v) is 2.49. The summed E-state index contributed by atoms with van der Waals surface area (Å²) in [5.41, 5.74) is 1.15. The van der Waals surface area contributed by atoms with Gasteiger partial charge in [-0.25, -0.2) is 0 Å². The Hall–Kier alpha value is -1.68. The first-order chi connectivity index (χ1) is 8.40. The Morgan fingerprint density at radius 2 is 2.29 bits per heavy atom. The van der Waals surface area contributed by atoms with Crippen molar-refractivity contribution in [3.05, 3.63) is 48.0 Å². The van der Waals surface area contributed by atoms with Crippen molar-refractivity contribution in [3.8, 4) is 0 Å². The fraction of sp³-hybridized carbons (Fsp3) is 0.385. The van der Waals surface area contributed by atoms with Crippen molar-refractivity contribution in [3.63, 3.8) is 0 Å². The minimum Gasteiger partial charge on any atom is -0.462 e. The molecule has 4 nitrogen and oxygen atoms in total. The summed E-state index contributed by atoms with van der Waals surface area (Å²) >= 11 is 0. The van der Waals surface area contributed by atoms with E-state index in [4.69, 9.17) is 14.2 Å². The highest BCUT2D eigenvalue weighted by molar-refractivity contribution is 5.32. The van der Waals surface area contributed by atoms with Crippen LogP contribution in [0.3, 0.4) is 0 Å². The molecule has 0 radical (unpaired) electrons. The molecule has 1 aliphatic heterocycles. The topological polar surface area (TPSA) is 39.7 Å². The van der Waals surface area contributed by atoms with Gasteiger partial charge in [-0.05, 0) is 25.5 Å².